The Balaban J connectivity index is -0.000000469. The third kappa shape index (κ3) is 39.5. The Bertz CT molecular complexity index is 1350. The molecule has 0 fully saturated rings. The lowest BCUT2D eigenvalue weighted by Crippen LogP contribution is -2.55. The second-order valence-corrected chi connectivity index (χ2v) is 14.5. The smallest absolute Gasteiger partial charge is 0.336 e. The number of aromatic nitrogens is 3. The molecule has 0 bridgehead atoms. The van der Waals surface area contributed by atoms with Gasteiger partial charge in [0.15, 0.2) is 0 Å². The number of esters is 4. The second kappa shape index (κ2) is 48.8. The molecule has 16 heteroatoms. The Morgan fingerprint density at radius 1 is 0.354 bits per heavy atom. The molecule has 0 saturated carbocycles. The van der Waals surface area contributed by atoms with E-state index >= 15 is 0 Å². The Hall–Kier alpha value is -4.63. The fourth-order valence-electron chi connectivity index (χ4n) is 4.87. The number of hydrogen-bond donors (Lipinski definition) is 0. The highest BCUT2D eigenvalue weighted by molar-refractivity contribution is 5.70. The average molecular weight is 930 g/mol. The van der Waals surface area contributed by atoms with E-state index in [0.29, 0.717) is 69.9 Å². The maximum atomic E-state index is 12.9. The minimum Gasteiger partial charge on any atom is -0.497 e. The first kappa shape index (κ1) is 67.0. The highest BCUT2D eigenvalue weighted by atomic mass is 16.5. The van der Waals surface area contributed by atoms with Crippen molar-refractivity contribution >= 4 is 23.9 Å². The summed E-state index contributed by atoms with van der Waals surface area (Å²) in [6.07, 6.45) is 14.4. The molecule has 16 nitrogen and oxygen atoms in total. The SMILES string of the molecule is C=C(CCC)OCCn1c(=O)n(CCOC(=C)CCC)c(=O)n(CCOC(=O)CCC)c1=O.CC.CCCCOC(=O)CCC.CCCCOC(=O)CCC.CCCCOC(=O)CCC. The van der Waals surface area contributed by atoms with Gasteiger partial charge in [0.2, 0.25) is 0 Å². The normalized spacial score (nSPS) is 9.83. The van der Waals surface area contributed by atoms with Crippen molar-refractivity contribution in [2.45, 2.75) is 211 Å². The molecule has 0 radical (unpaired) electrons. The minimum atomic E-state index is -0.784. The van der Waals surface area contributed by atoms with E-state index in [-0.39, 0.29) is 63.8 Å². The lowest BCUT2D eigenvalue weighted by atomic mass is 10.3. The highest BCUT2D eigenvalue weighted by Crippen LogP contribution is 2.04. The van der Waals surface area contributed by atoms with Crippen molar-refractivity contribution < 1.29 is 47.6 Å². The number of hydrogen-bond acceptors (Lipinski definition) is 13. The minimum absolute atomic E-state index is 0.0558. The molecule has 0 aliphatic heterocycles. The van der Waals surface area contributed by atoms with Gasteiger partial charge in [-0.1, -0.05) is 109 Å². The number of carbonyl (C=O) groups is 4. The summed E-state index contributed by atoms with van der Waals surface area (Å²) in [5, 5.41) is 0. The van der Waals surface area contributed by atoms with Crippen molar-refractivity contribution in [3.05, 3.63) is 56.1 Å². The van der Waals surface area contributed by atoms with E-state index in [4.69, 9.17) is 28.4 Å². The lowest BCUT2D eigenvalue weighted by molar-refractivity contribution is -0.144. The molecular weight excluding hydrogens is 839 g/mol. The van der Waals surface area contributed by atoms with Gasteiger partial charge in [0.25, 0.3) is 0 Å². The molecular formula is C49H91N3O13. The van der Waals surface area contributed by atoms with Gasteiger partial charge < -0.3 is 28.4 Å². The zero-order valence-corrected chi connectivity index (χ0v) is 42.7. The van der Waals surface area contributed by atoms with Gasteiger partial charge in [-0.3, -0.25) is 19.2 Å². The fraction of sp³-hybridized carbons (Fsp3) is 0.776. The molecule has 1 aromatic rings. The zero-order valence-electron chi connectivity index (χ0n) is 42.7. The fourth-order valence-corrected chi connectivity index (χ4v) is 4.87. The van der Waals surface area contributed by atoms with E-state index in [1.807, 2.05) is 55.4 Å². The summed E-state index contributed by atoms with van der Waals surface area (Å²) in [5.41, 5.74) is -2.32. The zero-order chi connectivity index (χ0) is 50.3. The molecule has 1 aromatic heterocycles. The van der Waals surface area contributed by atoms with Crippen molar-refractivity contribution in [1.82, 2.24) is 13.7 Å². The van der Waals surface area contributed by atoms with Crippen LogP contribution in [0, 0.1) is 0 Å². The van der Waals surface area contributed by atoms with Gasteiger partial charge in [-0.15, -0.1) is 0 Å². The molecule has 0 aliphatic rings. The number of unbranched alkanes of at least 4 members (excludes halogenated alkanes) is 3. The Morgan fingerprint density at radius 3 is 0.785 bits per heavy atom. The van der Waals surface area contributed by atoms with Crippen molar-refractivity contribution in [1.29, 1.82) is 0 Å². The summed E-state index contributed by atoms with van der Waals surface area (Å²) in [5.74, 6) is 0.530. The Labute approximate surface area is 391 Å². The van der Waals surface area contributed by atoms with E-state index in [1.54, 1.807) is 0 Å². The maximum absolute atomic E-state index is 12.9. The van der Waals surface area contributed by atoms with Crippen LogP contribution in [0.3, 0.4) is 0 Å². The highest BCUT2D eigenvalue weighted by Gasteiger charge is 2.16. The van der Waals surface area contributed by atoms with Crippen molar-refractivity contribution in [2.24, 2.45) is 0 Å². The molecule has 0 atom stereocenters. The predicted octanol–water partition coefficient (Wildman–Crippen LogP) is 9.59. The first-order valence-corrected chi connectivity index (χ1v) is 24.4. The van der Waals surface area contributed by atoms with Crippen molar-refractivity contribution in [3.8, 4) is 0 Å². The second-order valence-electron chi connectivity index (χ2n) is 14.5. The Morgan fingerprint density at radius 2 is 0.569 bits per heavy atom. The summed E-state index contributed by atoms with van der Waals surface area (Å²) >= 11 is 0. The van der Waals surface area contributed by atoms with Crippen molar-refractivity contribution in [2.75, 3.05) is 39.6 Å². The van der Waals surface area contributed by atoms with Crippen LogP contribution < -0.4 is 17.1 Å². The summed E-state index contributed by atoms with van der Waals surface area (Å²) in [6, 6.07) is 0. The van der Waals surface area contributed by atoms with Crippen LogP contribution in [0.15, 0.2) is 39.1 Å². The predicted molar refractivity (Wildman–Crippen MR) is 259 cm³/mol. The monoisotopic (exact) mass is 930 g/mol. The van der Waals surface area contributed by atoms with Gasteiger partial charge in [-0.05, 0) is 57.8 Å². The molecule has 0 amide bonds. The average Bonchev–Trinajstić information content (AvgIpc) is 3.27. The van der Waals surface area contributed by atoms with Gasteiger partial charge in [-0.2, -0.15) is 0 Å². The maximum Gasteiger partial charge on any atom is 0.336 e. The number of nitrogens with zero attached hydrogens (tertiary/aromatic N) is 3. The summed E-state index contributed by atoms with van der Waals surface area (Å²) in [4.78, 5) is 82.4. The summed E-state index contributed by atoms with van der Waals surface area (Å²) in [6.45, 7) is 31.0. The molecule has 0 aliphatic carbocycles. The van der Waals surface area contributed by atoms with Crippen LogP contribution >= 0.6 is 0 Å². The molecule has 65 heavy (non-hydrogen) atoms. The van der Waals surface area contributed by atoms with Crippen LogP contribution in [0.2, 0.25) is 0 Å². The molecule has 0 saturated heterocycles. The molecule has 0 spiro atoms. The van der Waals surface area contributed by atoms with Crippen molar-refractivity contribution in [3.63, 3.8) is 0 Å². The molecule has 1 heterocycles. The van der Waals surface area contributed by atoms with Gasteiger partial charge in [-0.25, -0.2) is 28.1 Å². The first-order chi connectivity index (χ1) is 31.2. The third-order valence-electron chi connectivity index (χ3n) is 8.36. The van der Waals surface area contributed by atoms with Gasteiger partial charge >= 0.3 is 40.9 Å². The number of carbonyl (C=O) groups excluding carboxylic acids is 4. The van der Waals surface area contributed by atoms with E-state index in [2.05, 4.69) is 33.9 Å². The Kier molecular flexibility index (Phi) is 50.3. The summed E-state index contributed by atoms with van der Waals surface area (Å²) < 4.78 is 33.5. The van der Waals surface area contributed by atoms with Crippen LogP contribution in [0.1, 0.15) is 192 Å². The summed E-state index contributed by atoms with van der Waals surface area (Å²) in [7, 11) is 0. The number of rotatable bonds is 32. The van der Waals surface area contributed by atoms with E-state index < -0.39 is 23.0 Å². The largest absolute Gasteiger partial charge is 0.497 e. The first-order valence-electron chi connectivity index (χ1n) is 24.4. The van der Waals surface area contributed by atoms with Crippen LogP contribution in [0.25, 0.3) is 0 Å². The van der Waals surface area contributed by atoms with Crippen LogP contribution in [-0.4, -0.2) is 77.2 Å². The van der Waals surface area contributed by atoms with E-state index in [9.17, 15) is 33.6 Å². The molecule has 0 unspecified atom stereocenters. The van der Waals surface area contributed by atoms with E-state index in [1.165, 1.54) is 0 Å². The van der Waals surface area contributed by atoms with Gasteiger partial charge in [0, 0.05) is 38.5 Å². The van der Waals surface area contributed by atoms with E-state index in [0.717, 1.165) is 84.3 Å². The van der Waals surface area contributed by atoms with Crippen LogP contribution in [0.5, 0.6) is 0 Å². The van der Waals surface area contributed by atoms with Gasteiger partial charge in [0.1, 0.15) is 19.8 Å². The number of ether oxygens (including phenoxy) is 6. The quantitative estimate of drug-likeness (QED) is 0.0288. The molecule has 0 aromatic carbocycles. The van der Waals surface area contributed by atoms with Crippen LogP contribution in [0.4, 0.5) is 0 Å². The number of allylic oxidation sites excluding steroid dienone is 2. The molecule has 1 rings (SSSR count). The van der Waals surface area contributed by atoms with Gasteiger partial charge in [0.05, 0.1) is 51.0 Å². The molecule has 380 valence electrons. The standard InChI is InChI=1S/C23H37N3O7.3C8H16O2.C2H6/c1-6-9-18(4)31-15-12-24-21(28)25(13-16-32-19(5)10-7-2)23(30)26(22(24)29)14-17-33-20(27)11-8-3;3*1-3-5-7-10-8(9)6-4-2;1-2/h4-17H2,1-3H3;3*3-7H2,1-2H3;1-2H3. The topological polar surface area (TPSA) is 190 Å². The molecule has 0 N–H and O–H groups in total. The lowest BCUT2D eigenvalue weighted by Gasteiger charge is -2.15. The van der Waals surface area contributed by atoms with Crippen LogP contribution in [-0.2, 0) is 67.2 Å². The third-order valence-corrected chi connectivity index (χ3v) is 8.36.